The molecule has 7 rings (SSSR count). The minimum Gasteiger partial charge on any atom is -0.313 e. The van der Waals surface area contributed by atoms with Crippen molar-refractivity contribution in [3.8, 4) is 39.3 Å². The van der Waals surface area contributed by atoms with Gasteiger partial charge in [0.1, 0.15) is 0 Å². The van der Waals surface area contributed by atoms with E-state index < -0.39 is 0 Å². The zero-order chi connectivity index (χ0) is 26.0. The highest BCUT2D eigenvalue weighted by molar-refractivity contribution is 5.88. The summed E-state index contributed by atoms with van der Waals surface area (Å²) in [6, 6.07) is 43.5. The molecule has 2 heterocycles. The summed E-state index contributed by atoms with van der Waals surface area (Å²) in [4.78, 5) is 5.08. The van der Waals surface area contributed by atoms with Crippen molar-refractivity contribution in [1.82, 2.24) is 9.55 Å². The average Bonchev–Trinajstić information content (AvgIpc) is 3.30. The van der Waals surface area contributed by atoms with Gasteiger partial charge >= 0.3 is 0 Å². The maximum Gasteiger partial charge on any atom is 0.0715 e. The summed E-state index contributed by atoms with van der Waals surface area (Å²) < 4.78 is 2.54. The zero-order valence-corrected chi connectivity index (χ0v) is 22.2. The van der Waals surface area contributed by atoms with E-state index in [1.165, 1.54) is 65.5 Å². The van der Waals surface area contributed by atoms with Crippen molar-refractivity contribution in [2.24, 2.45) is 0 Å². The lowest BCUT2D eigenvalue weighted by Crippen LogP contribution is -2.05. The molecule has 0 amide bonds. The highest BCUT2D eigenvalue weighted by atomic mass is 15.0. The molecule has 0 bridgehead atoms. The van der Waals surface area contributed by atoms with Crippen LogP contribution in [0.4, 0.5) is 0 Å². The molecule has 0 radical (unpaired) electrons. The van der Waals surface area contributed by atoms with Crippen molar-refractivity contribution >= 4 is 10.9 Å². The molecule has 4 aromatic carbocycles. The SMILES string of the molecule is c1ccc(-c2cc(-c3cccc(-n4c5c(c6ccccc64)CCCCCC5)c3)cc(-c3ccccc3)n2)cc1. The molecule has 0 atom stereocenters. The van der Waals surface area contributed by atoms with Gasteiger partial charge in [-0.1, -0.05) is 104 Å². The summed E-state index contributed by atoms with van der Waals surface area (Å²) in [6.45, 7) is 0. The van der Waals surface area contributed by atoms with Gasteiger partial charge in [0.25, 0.3) is 0 Å². The van der Waals surface area contributed by atoms with Crippen molar-refractivity contribution in [3.05, 3.63) is 133 Å². The van der Waals surface area contributed by atoms with Crippen LogP contribution in [0.2, 0.25) is 0 Å². The summed E-state index contributed by atoms with van der Waals surface area (Å²) in [5.74, 6) is 0. The highest BCUT2D eigenvalue weighted by Crippen LogP contribution is 2.36. The number of hydrogen-bond donors (Lipinski definition) is 0. The molecule has 39 heavy (non-hydrogen) atoms. The standard InChI is InChI=1S/C37H32N2/c1-2-10-22-36-32(20-9-1)33-21-11-12-23-37(33)39(36)31-19-13-18-29(24-31)30-25-34(27-14-5-3-6-15-27)38-35(26-30)28-16-7-4-8-17-28/h3-8,11-19,21,23-26H,1-2,9-10,20,22H2. The molecule has 2 nitrogen and oxygen atoms in total. The number of fused-ring (bicyclic) bond motifs is 3. The van der Waals surface area contributed by atoms with Crippen molar-refractivity contribution in [2.45, 2.75) is 38.5 Å². The first-order chi connectivity index (χ1) is 19.3. The Morgan fingerprint density at radius 3 is 1.82 bits per heavy atom. The molecule has 0 saturated heterocycles. The van der Waals surface area contributed by atoms with Crippen LogP contribution in [0.3, 0.4) is 0 Å². The minimum atomic E-state index is 0.994. The van der Waals surface area contributed by atoms with Crippen LogP contribution in [0.5, 0.6) is 0 Å². The summed E-state index contributed by atoms with van der Waals surface area (Å²) in [7, 11) is 0. The van der Waals surface area contributed by atoms with E-state index in [0.717, 1.165) is 28.9 Å². The smallest absolute Gasteiger partial charge is 0.0715 e. The van der Waals surface area contributed by atoms with Gasteiger partial charge in [-0.3, -0.25) is 0 Å². The van der Waals surface area contributed by atoms with Gasteiger partial charge in [0.15, 0.2) is 0 Å². The fourth-order valence-electron chi connectivity index (χ4n) is 6.18. The van der Waals surface area contributed by atoms with E-state index in [2.05, 4.69) is 126 Å². The van der Waals surface area contributed by atoms with Crippen molar-refractivity contribution in [2.75, 3.05) is 0 Å². The van der Waals surface area contributed by atoms with Crippen LogP contribution in [0.25, 0.3) is 50.2 Å². The monoisotopic (exact) mass is 504 g/mol. The topological polar surface area (TPSA) is 17.8 Å². The van der Waals surface area contributed by atoms with E-state index in [1.54, 1.807) is 5.56 Å². The molecule has 0 N–H and O–H groups in total. The van der Waals surface area contributed by atoms with E-state index in [0.29, 0.717) is 0 Å². The summed E-state index contributed by atoms with van der Waals surface area (Å²) >= 11 is 0. The first-order valence-corrected chi connectivity index (χ1v) is 14.2. The van der Waals surface area contributed by atoms with Crippen molar-refractivity contribution < 1.29 is 0 Å². The van der Waals surface area contributed by atoms with Crippen LogP contribution in [0.15, 0.2) is 121 Å². The molecule has 2 aromatic heterocycles. The molecular formula is C37H32N2. The maximum atomic E-state index is 5.08. The Bertz CT molecular complexity index is 1690. The molecule has 1 aliphatic rings. The third-order valence-corrected chi connectivity index (χ3v) is 8.08. The average molecular weight is 505 g/mol. The second-order valence-corrected chi connectivity index (χ2v) is 10.6. The molecule has 0 fully saturated rings. The zero-order valence-electron chi connectivity index (χ0n) is 22.2. The maximum absolute atomic E-state index is 5.08. The van der Waals surface area contributed by atoms with E-state index in [1.807, 2.05) is 0 Å². The molecule has 2 heteroatoms. The molecule has 1 aliphatic carbocycles. The molecule has 0 unspecified atom stereocenters. The molecular weight excluding hydrogens is 472 g/mol. The second-order valence-electron chi connectivity index (χ2n) is 10.6. The quantitative estimate of drug-likeness (QED) is 0.234. The van der Waals surface area contributed by atoms with Gasteiger partial charge in [-0.2, -0.15) is 0 Å². The normalized spacial score (nSPS) is 13.5. The van der Waals surface area contributed by atoms with Crippen LogP contribution in [-0.4, -0.2) is 9.55 Å². The van der Waals surface area contributed by atoms with Gasteiger partial charge in [0.05, 0.1) is 16.9 Å². The lowest BCUT2D eigenvalue weighted by Gasteiger charge is -2.16. The Hall–Kier alpha value is -4.43. The first kappa shape index (κ1) is 23.7. The highest BCUT2D eigenvalue weighted by Gasteiger charge is 2.19. The van der Waals surface area contributed by atoms with Crippen LogP contribution >= 0.6 is 0 Å². The molecule has 190 valence electrons. The van der Waals surface area contributed by atoms with Gasteiger partial charge in [-0.05, 0) is 72.7 Å². The lowest BCUT2D eigenvalue weighted by molar-refractivity contribution is 0.608. The van der Waals surface area contributed by atoms with E-state index in [-0.39, 0.29) is 0 Å². The largest absolute Gasteiger partial charge is 0.313 e. The van der Waals surface area contributed by atoms with Gasteiger partial charge in [0.2, 0.25) is 0 Å². The third-order valence-electron chi connectivity index (χ3n) is 8.08. The Kier molecular flexibility index (Phi) is 6.30. The van der Waals surface area contributed by atoms with E-state index >= 15 is 0 Å². The van der Waals surface area contributed by atoms with Crippen LogP contribution in [-0.2, 0) is 12.8 Å². The minimum absolute atomic E-state index is 0.994. The Morgan fingerprint density at radius 1 is 0.487 bits per heavy atom. The van der Waals surface area contributed by atoms with Gasteiger partial charge < -0.3 is 4.57 Å². The molecule has 0 spiro atoms. The Balaban J connectivity index is 1.40. The third kappa shape index (κ3) is 4.57. The number of para-hydroxylation sites is 1. The van der Waals surface area contributed by atoms with Crippen LogP contribution in [0.1, 0.15) is 36.9 Å². The lowest BCUT2D eigenvalue weighted by atomic mass is 9.96. The van der Waals surface area contributed by atoms with Gasteiger partial charge in [0, 0.05) is 27.9 Å². The van der Waals surface area contributed by atoms with Gasteiger partial charge in [-0.15, -0.1) is 0 Å². The first-order valence-electron chi connectivity index (χ1n) is 14.2. The Morgan fingerprint density at radius 2 is 1.10 bits per heavy atom. The van der Waals surface area contributed by atoms with Crippen molar-refractivity contribution in [3.63, 3.8) is 0 Å². The van der Waals surface area contributed by atoms with Gasteiger partial charge in [-0.25, -0.2) is 4.98 Å². The molecule has 0 aliphatic heterocycles. The van der Waals surface area contributed by atoms with Crippen molar-refractivity contribution in [1.29, 1.82) is 0 Å². The molecule has 0 saturated carbocycles. The van der Waals surface area contributed by atoms with Crippen LogP contribution < -0.4 is 0 Å². The number of rotatable bonds is 4. The fourth-order valence-corrected chi connectivity index (χ4v) is 6.18. The summed E-state index contributed by atoms with van der Waals surface area (Å²) in [6.07, 6.45) is 7.51. The predicted octanol–water partition coefficient (Wildman–Crippen LogP) is 9.69. The Labute approximate surface area is 230 Å². The summed E-state index contributed by atoms with van der Waals surface area (Å²) in [5.41, 5.74) is 12.3. The number of benzene rings is 4. The second kappa shape index (κ2) is 10.4. The molecule has 6 aromatic rings. The number of hydrogen-bond acceptors (Lipinski definition) is 1. The number of aryl methyl sites for hydroxylation is 1. The van der Waals surface area contributed by atoms with E-state index in [9.17, 15) is 0 Å². The summed E-state index contributed by atoms with van der Waals surface area (Å²) in [5, 5.41) is 1.42. The van der Waals surface area contributed by atoms with E-state index in [4.69, 9.17) is 4.98 Å². The number of pyridine rings is 1. The van der Waals surface area contributed by atoms with Crippen LogP contribution in [0, 0.1) is 0 Å². The number of nitrogens with zero attached hydrogens (tertiary/aromatic N) is 2. The fraction of sp³-hybridized carbons (Fsp3) is 0.162. The number of aromatic nitrogens is 2. The predicted molar refractivity (Wildman–Crippen MR) is 163 cm³/mol.